The molecule has 2 amide bonds. The summed E-state index contributed by atoms with van der Waals surface area (Å²) >= 11 is 0. The van der Waals surface area contributed by atoms with Crippen molar-refractivity contribution in [2.45, 2.75) is 63.9 Å². The third-order valence-corrected chi connectivity index (χ3v) is 4.68. The van der Waals surface area contributed by atoms with E-state index in [-0.39, 0.29) is 18.6 Å². The number of fused-ring (bicyclic) bond motifs is 1. The molecule has 0 saturated carbocycles. The Kier molecular flexibility index (Phi) is 3.60. The minimum Gasteiger partial charge on any atom is -0.388 e. The number of aryl methyl sites for hydroxylation is 2. The number of carbonyl (C=O) groups is 1. The topological polar surface area (TPSA) is 104 Å². The van der Waals surface area contributed by atoms with Gasteiger partial charge in [-0.05, 0) is 33.6 Å². The highest BCUT2D eigenvalue weighted by molar-refractivity contribution is 5.76. The van der Waals surface area contributed by atoms with Gasteiger partial charge in [0.05, 0.1) is 24.2 Å². The van der Waals surface area contributed by atoms with Crippen LogP contribution in [0, 0.1) is 6.92 Å². The average Bonchev–Trinajstić information content (AvgIpc) is 2.92. The highest BCUT2D eigenvalue weighted by Gasteiger charge is 2.49. The number of rotatable bonds is 1. The lowest BCUT2D eigenvalue weighted by Crippen LogP contribution is -2.52. The zero-order valence-electron chi connectivity index (χ0n) is 13.2. The van der Waals surface area contributed by atoms with Gasteiger partial charge in [-0.15, -0.1) is 0 Å². The normalized spacial score (nSPS) is 30.2. The highest BCUT2D eigenvalue weighted by atomic mass is 16.3. The molecule has 0 spiro atoms. The number of β-amino-alcohol motifs (C(OH)–C–C–N with tert-alkyl or cyclic N) is 1. The van der Waals surface area contributed by atoms with Gasteiger partial charge in [0.15, 0.2) is 0 Å². The van der Waals surface area contributed by atoms with Gasteiger partial charge in [0.25, 0.3) is 0 Å². The van der Waals surface area contributed by atoms with Crippen molar-refractivity contribution >= 4 is 6.03 Å². The fraction of sp³-hybridized carbons (Fsp3) is 0.786. The van der Waals surface area contributed by atoms with Crippen LogP contribution in [0.1, 0.15) is 44.4 Å². The van der Waals surface area contributed by atoms with E-state index >= 15 is 0 Å². The van der Waals surface area contributed by atoms with Crippen LogP contribution >= 0.6 is 0 Å². The number of nitrogens with one attached hydrogen (secondary N) is 1. The molecule has 3 N–H and O–H groups in total. The van der Waals surface area contributed by atoms with Crippen molar-refractivity contribution in [3.63, 3.8) is 0 Å². The van der Waals surface area contributed by atoms with Gasteiger partial charge in [-0.25, -0.2) is 14.5 Å². The second-order valence-corrected chi connectivity index (χ2v) is 6.66. The smallest absolute Gasteiger partial charge is 0.318 e. The molecule has 0 aliphatic carbocycles. The van der Waals surface area contributed by atoms with E-state index in [0.717, 1.165) is 25.2 Å². The number of hydrogen-bond donors (Lipinski definition) is 3. The third-order valence-electron chi connectivity index (χ3n) is 4.68. The van der Waals surface area contributed by atoms with E-state index in [1.807, 2.05) is 11.6 Å². The fourth-order valence-electron chi connectivity index (χ4n) is 3.33. The van der Waals surface area contributed by atoms with Crippen LogP contribution in [-0.4, -0.2) is 60.2 Å². The molecule has 122 valence electrons. The molecule has 1 aromatic rings. The first-order valence-electron chi connectivity index (χ1n) is 7.66. The molecule has 1 unspecified atom stereocenters. The Morgan fingerprint density at radius 1 is 1.41 bits per heavy atom. The molecule has 1 aromatic heterocycles. The summed E-state index contributed by atoms with van der Waals surface area (Å²) in [6.45, 7) is 6.27. The van der Waals surface area contributed by atoms with Gasteiger partial charge in [-0.3, -0.25) is 0 Å². The maximum Gasteiger partial charge on any atom is 0.318 e. The summed E-state index contributed by atoms with van der Waals surface area (Å²) < 4.78 is 1.84. The number of carbonyl (C=O) groups excluding carboxylic acids is 1. The van der Waals surface area contributed by atoms with Crippen LogP contribution in [0.5, 0.6) is 0 Å². The number of hydrogen-bond acceptors (Lipinski definition) is 5. The third kappa shape index (κ3) is 2.36. The molecule has 0 bridgehead atoms. The molecule has 0 radical (unpaired) electrons. The Morgan fingerprint density at radius 2 is 2.14 bits per heavy atom. The Bertz CT molecular complexity index is 585. The van der Waals surface area contributed by atoms with Crippen LogP contribution in [0.2, 0.25) is 0 Å². The first kappa shape index (κ1) is 15.2. The summed E-state index contributed by atoms with van der Waals surface area (Å²) in [5, 5.41) is 27.1. The Morgan fingerprint density at radius 3 is 2.77 bits per heavy atom. The van der Waals surface area contributed by atoms with E-state index < -0.39 is 17.7 Å². The van der Waals surface area contributed by atoms with E-state index in [1.54, 1.807) is 13.8 Å². The van der Waals surface area contributed by atoms with Crippen LogP contribution < -0.4 is 5.32 Å². The predicted molar refractivity (Wildman–Crippen MR) is 78.1 cm³/mol. The Labute approximate surface area is 129 Å². The SMILES string of the molecule is Cc1nc2n(n1)CCCC2NC(=O)N1C[C@@H](O)[C@@H](O)C1(C)C. The van der Waals surface area contributed by atoms with Crippen molar-refractivity contribution in [3.05, 3.63) is 11.6 Å². The second kappa shape index (κ2) is 5.20. The molecule has 8 nitrogen and oxygen atoms in total. The van der Waals surface area contributed by atoms with Gasteiger partial charge >= 0.3 is 6.03 Å². The summed E-state index contributed by atoms with van der Waals surface area (Å²) in [7, 11) is 0. The van der Waals surface area contributed by atoms with Gasteiger partial charge in [-0.1, -0.05) is 0 Å². The Balaban J connectivity index is 1.76. The summed E-state index contributed by atoms with van der Waals surface area (Å²) in [6, 6.07) is -0.479. The van der Waals surface area contributed by atoms with Crippen molar-refractivity contribution in [3.8, 4) is 0 Å². The van der Waals surface area contributed by atoms with Crippen molar-refractivity contribution in [1.29, 1.82) is 0 Å². The first-order chi connectivity index (χ1) is 10.3. The summed E-state index contributed by atoms with van der Waals surface area (Å²) in [6.07, 6.45) is -0.132. The maximum atomic E-state index is 12.6. The molecule has 1 saturated heterocycles. The zero-order chi connectivity index (χ0) is 16.1. The number of aliphatic hydroxyl groups excluding tert-OH is 2. The van der Waals surface area contributed by atoms with E-state index in [0.29, 0.717) is 5.82 Å². The van der Waals surface area contributed by atoms with Crippen molar-refractivity contribution in [1.82, 2.24) is 25.0 Å². The average molecular weight is 309 g/mol. The second-order valence-electron chi connectivity index (χ2n) is 6.66. The molecule has 22 heavy (non-hydrogen) atoms. The number of amides is 2. The molecule has 3 heterocycles. The van der Waals surface area contributed by atoms with E-state index in [2.05, 4.69) is 15.4 Å². The number of aromatic nitrogens is 3. The molecular formula is C14H23N5O3. The first-order valence-corrected chi connectivity index (χ1v) is 7.66. The molecule has 1 fully saturated rings. The minimum atomic E-state index is -0.949. The van der Waals surface area contributed by atoms with Crippen molar-refractivity contribution in [2.75, 3.05) is 6.54 Å². The lowest BCUT2D eigenvalue weighted by molar-refractivity contribution is 0.0119. The number of urea groups is 1. The van der Waals surface area contributed by atoms with Gasteiger partial charge in [-0.2, -0.15) is 5.10 Å². The molecule has 3 rings (SSSR count). The molecule has 2 aliphatic rings. The molecule has 3 atom stereocenters. The zero-order valence-corrected chi connectivity index (χ0v) is 13.2. The summed E-state index contributed by atoms with van der Waals surface area (Å²) in [4.78, 5) is 18.5. The van der Waals surface area contributed by atoms with Crippen LogP contribution in [0.3, 0.4) is 0 Å². The minimum absolute atomic E-state index is 0.123. The molecule has 2 aliphatic heterocycles. The highest BCUT2D eigenvalue weighted by Crippen LogP contribution is 2.30. The number of aliphatic hydroxyl groups is 2. The lowest BCUT2D eigenvalue weighted by atomic mass is 9.98. The van der Waals surface area contributed by atoms with Crippen molar-refractivity contribution in [2.24, 2.45) is 0 Å². The van der Waals surface area contributed by atoms with E-state index in [9.17, 15) is 15.0 Å². The van der Waals surface area contributed by atoms with Gasteiger partial charge in [0.2, 0.25) is 0 Å². The van der Waals surface area contributed by atoms with Gasteiger partial charge < -0.3 is 20.4 Å². The maximum absolute atomic E-state index is 12.6. The van der Waals surface area contributed by atoms with Crippen LogP contribution in [0.4, 0.5) is 4.79 Å². The summed E-state index contributed by atoms with van der Waals surface area (Å²) in [5.74, 6) is 1.47. The number of nitrogens with zero attached hydrogens (tertiary/aromatic N) is 4. The lowest BCUT2D eigenvalue weighted by Gasteiger charge is -2.35. The van der Waals surface area contributed by atoms with Crippen LogP contribution in [0.15, 0.2) is 0 Å². The largest absolute Gasteiger partial charge is 0.388 e. The van der Waals surface area contributed by atoms with Gasteiger partial charge in [0.1, 0.15) is 17.8 Å². The van der Waals surface area contributed by atoms with Gasteiger partial charge in [0, 0.05) is 6.54 Å². The summed E-state index contributed by atoms with van der Waals surface area (Å²) in [5.41, 5.74) is -0.804. The van der Waals surface area contributed by atoms with E-state index in [4.69, 9.17) is 0 Å². The fourth-order valence-corrected chi connectivity index (χ4v) is 3.33. The monoisotopic (exact) mass is 309 g/mol. The van der Waals surface area contributed by atoms with Crippen molar-refractivity contribution < 1.29 is 15.0 Å². The Hall–Kier alpha value is -1.67. The molecule has 0 aromatic carbocycles. The van der Waals surface area contributed by atoms with Crippen LogP contribution in [0.25, 0.3) is 0 Å². The molecule has 8 heteroatoms. The molecular weight excluding hydrogens is 286 g/mol. The quantitative estimate of drug-likeness (QED) is 0.675. The van der Waals surface area contributed by atoms with Crippen LogP contribution in [-0.2, 0) is 6.54 Å². The standard InChI is InChI=1S/C14H23N5O3/c1-8-15-12-9(5-4-6-19(12)17-8)16-13(22)18-7-10(20)11(21)14(18,2)3/h9-11,20-21H,4-7H2,1-3H3,(H,16,22)/t9?,10-,11-/m1/s1. The number of likely N-dealkylation sites (tertiary alicyclic amines) is 1. The van der Waals surface area contributed by atoms with E-state index in [1.165, 1.54) is 4.90 Å². The predicted octanol–water partition coefficient (Wildman–Crippen LogP) is -0.0530.